The lowest BCUT2D eigenvalue weighted by molar-refractivity contribution is -0.135. The van der Waals surface area contributed by atoms with E-state index >= 15 is 0 Å². The molecule has 1 aliphatic heterocycles. The fraction of sp³-hybridized carbons (Fsp3) is 0.167. The molecule has 2 rings (SSSR count). The zero-order valence-electron chi connectivity index (χ0n) is 8.93. The van der Waals surface area contributed by atoms with Crippen molar-refractivity contribution in [3.8, 4) is 0 Å². The van der Waals surface area contributed by atoms with Crippen LogP contribution >= 0.6 is 0 Å². The zero-order chi connectivity index (χ0) is 11.5. The van der Waals surface area contributed by atoms with E-state index in [1.165, 1.54) is 4.90 Å². The molecule has 0 atom stereocenters. The fourth-order valence-corrected chi connectivity index (χ4v) is 1.52. The van der Waals surface area contributed by atoms with Gasteiger partial charge in [0.1, 0.15) is 5.70 Å². The molecule has 1 fully saturated rings. The van der Waals surface area contributed by atoms with Gasteiger partial charge in [-0.1, -0.05) is 30.3 Å². The molecular weight excluding hydrogens is 204 g/mol. The average molecular weight is 216 g/mol. The minimum atomic E-state index is -0.217. The van der Waals surface area contributed by atoms with Gasteiger partial charge in [0.05, 0.1) is 6.54 Å². The maximum atomic E-state index is 11.6. The van der Waals surface area contributed by atoms with Crippen LogP contribution in [0.3, 0.4) is 0 Å². The Morgan fingerprint density at radius 1 is 1.25 bits per heavy atom. The Labute approximate surface area is 93.6 Å². The van der Waals surface area contributed by atoms with E-state index in [1.807, 2.05) is 30.3 Å². The molecule has 0 spiro atoms. The fourth-order valence-electron chi connectivity index (χ4n) is 1.52. The molecule has 16 heavy (non-hydrogen) atoms. The summed E-state index contributed by atoms with van der Waals surface area (Å²) >= 11 is 0. The Bertz CT molecular complexity index is 451. The smallest absolute Gasteiger partial charge is 0.268 e. The summed E-state index contributed by atoms with van der Waals surface area (Å²) in [5.74, 6) is -0.326. The number of nitrogens with one attached hydrogen (secondary N) is 1. The molecule has 1 heterocycles. The van der Waals surface area contributed by atoms with Gasteiger partial charge in [-0.15, -0.1) is 0 Å². The van der Waals surface area contributed by atoms with E-state index in [4.69, 9.17) is 0 Å². The molecule has 0 aliphatic carbocycles. The first-order valence-corrected chi connectivity index (χ1v) is 5.00. The third-order valence-electron chi connectivity index (χ3n) is 2.47. The van der Waals surface area contributed by atoms with E-state index in [9.17, 15) is 9.59 Å². The Kier molecular flexibility index (Phi) is 2.72. The number of hydrogen-bond donors (Lipinski definition) is 1. The van der Waals surface area contributed by atoms with Crippen molar-refractivity contribution < 1.29 is 9.59 Å². The topological polar surface area (TPSA) is 49.4 Å². The molecule has 4 nitrogen and oxygen atoms in total. The van der Waals surface area contributed by atoms with Crippen LogP contribution in [0.4, 0.5) is 0 Å². The Morgan fingerprint density at radius 3 is 2.62 bits per heavy atom. The van der Waals surface area contributed by atoms with E-state index in [0.717, 1.165) is 5.56 Å². The van der Waals surface area contributed by atoms with Gasteiger partial charge in [-0.3, -0.25) is 9.59 Å². The van der Waals surface area contributed by atoms with Gasteiger partial charge in [0, 0.05) is 7.05 Å². The first kappa shape index (κ1) is 10.4. The highest BCUT2D eigenvalue weighted by Crippen LogP contribution is 2.12. The van der Waals surface area contributed by atoms with Crippen molar-refractivity contribution in [3.05, 3.63) is 41.6 Å². The summed E-state index contributed by atoms with van der Waals surface area (Å²) in [7, 11) is 1.61. The molecule has 0 saturated carbocycles. The van der Waals surface area contributed by atoms with Crippen LogP contribution in [0.15, 0.2) is 36.0 Å². The van der Waals surface area contributed by atoms with Crippen LogP contribution in [0.5, 0.6) is 0 Å². The number of nitrogens with zero attached hydrogens (tertiary/aromatic N) is 1. The van der Waals surface area contributed by atoms with Crippen LogP contribution in [0.25, 0.3) is 6.08 Å². The van der Waals surface area contributed by atoms with Crippen molar-refractivity contribution in [3.63, 3.8) is 0 Å². The Morgan fingerprint density at radius 2 is 1.94 bits per heavy atom. The van der Waals surface area contributed by atoms with Crippen molar-refractivity contribution in [2.24, 2.45) is 0 Å². The third-order valence-corrected chi connectivity index (χ3v) is 2.47. The minimum absolute atomic E-state index is 0.0709. The Balaban J connectivity index is 2.34. The van der Waals surface area contributed by atoms with E-state index in [0.29, 0.717) is 5.70 Å². The number of piperazine rings is 1. The number of carbonyl (C=O) groups excluding carboxylic acids is 2. The summed E-state index contributed by atoms with van der Waals surface area (Å²) in [5.41, 5.74) is 1.27. The maximum Gasteiger partial charge on any atom is 0.268 e. The molecule has 4 heteroatoms. The molecule has 2 amide bonds. The van der Waals surface area contributed by atoms with Crippen molar-refractivity contribution in [1.82, 2.24) is 10.2 Å². The molecule has 1 saturated heterocycles. The van der Waals surface area contributed by atoms with E-state index in [1.54, 1.807) is 13.1 Å². The van der Waals surface area contributed by atoms with Crippen molar-refractivity contribution in [2.45, 2.75) is 0 Å². The predicted molar refractivity (Wildman–Crippen MR) is 60.2 cm³/mol. The predicted octanol–water partition coefficient (Wildman–Crippen LogP) is 0.616. The molecule has 1 aromatic carbocycles. The maximum absolute atomic E-state index is 11.6. The van der Waals surface area contributed by atoms with Gasteiger partial charge in [-0.25, -0.2) is 0 Å². The summed E-state index contributed by atoms with van der Waals surface area (Å²) in [6, 6.07) is 9.43. The number of hydrogen-bond acceptors (Lipinski definition) is 2. The normalized spacial score (nSPS) is 18.8. The largest absolute Gasteiger partial charge is 0.342 e. The first-order chi connectivity index (χ1) is 7.68. The first-order valence-electron chi connectivity index (χ1n) is 5.00. The summed E-state index contributed by atoms with van der Waals surface area (Å²) < 4.78 is 0. The van der Waals surface area contributed by atoms with Gasteiger partial charge >= 0.3 is 0 Å². The second-order valence-corrected chi connectivity index (χ2v) is 3.58. The van der Waals surface area contributed by atoms with Crippen molar-refractivity contribution in [2.75, 3.05) is 13.6 Å². The van der Waals surface area contributed by atoms with Crippen molar-refractivity contribution >= 4 is 17.9 Å². The summed E-state index contributed by atoms with van der Waals surface area (Å²) in [5, 5.41) is 2.53. The average Bonchev–Trinajstić information content (AvgIpc) is 2.31. The second-order valence-electron chi connectivity index (χ2n) is 3.58. The van der Waals surface area contributed by atoms with Crippen LogP contribution in [-0.4, -0.2) is 30.3 Å². The highest BCUT2D eigenvalue weighted by atomic mass is 16.2. The lowest BCUT2D eigenvalue weighted by Gasteiger charge is -2.25. The molecule has 0 aromatic heterocycles. The minimum Gasteiger partial charge on any atom is -0.342 e. The van der Waals surface area contributed by atoms with Gasteiger partial charge in [-0.05, 0) is 11.6 Å². The van der Waals surface area contributed by atoms with Gasteiger partial charge < -0.3 is 10.2 Å². The SMILES string of the molecule is CN1C(=O)CNC(=O)C1=Cc1ccccc1. The van der Waals surface area contributed by atoms with E-state index in [-0.39, 0.29) is 18.4 Å². The van der Waals surface area contributed by atoms with Gasteiger partial charge in [0.2, 0.25) is 5.91 Å². The van der Waals surface area contributed by atoms with E-state index in [2.05, 4.69) is 5.32 Å². The number of likely N-dealkylation sites (N-methyl/N-ethyl adjacent to an activating group) is 1. The summed E-state index contributed by atoms with van der Waals surface area (Å²) in [4.78, 5) is 24.4. The monoisotopic (exact) mass is 216 g/mol. The van der Waals surface area contributed by atoms with Gasteiger partial charge in [-0.2, -0.15) is 0 Å². The molecule has 0 bridgehead atoms. The van der Waals surface area contributed by atoms with Crippen LogP contribution in [0, 0.1) is 0 Å². The lowest BCUT2D eigenvalue weighted by atomic mass is 10.1. The van der Waals surface area contributed by atoms with Gasteiger partial charge in [0.25, 0.3) is 5.91 Å². The van der Waals surface area contributed by atoms with Crippen LogP contribution < -0.4 is 5.32 Å². The third kappa shape index (κ3) is 1.95. The standard InChI is InChI=1S/C12H12N2O2/c1-14-10(12(16)13-8-11(14)15)7-9-5-3-2-4-6-9/h2-7H,8H2,1H3,(H,13,16). The van der Waals surface area contributed by atoms with E-state index < -0.39 is 0 Å². The molecule has 1 aromatic rings. The Hall–Kier alpha value is -2.10. The second kappa shape index (κ2) is 4.18. The molecule has 0 unspecified atom stereocenters. The molecule has 1 N–H and O–H groups in total. The molecule has 1 aliphatic rings. The molecule has 82 valence electrons. The number of amides is 2. The summed E-state index contributed by atoms with van der Waals surface area (Å²) in [6.07, 6.45) is 1.70. The van der Waals surface area contributed by atoms with Crippen LogP contribution in [-0.2, 0) is 9.59 Å². The van der Waals surface area contributed by atoms with Crippen molar-refractivity contribution in [1.29, 1.82) is 0 Å². The molecule has 0 radical (unpaired) electrons. The zero-order valence-corrected chi connectivity index (χ0v) is 8.93. The van der Waals surface area contributed by atoms with Crippen LogP contribution in [0.1, 0.15) is 5.56 Å². The van der Waals surface area contributed by atoms with Crippen LogP contribution in [0.2, 0.25) is 0 Å². The number of rotatable bonds is 1. The van der Waals surface area contributed by atoms with Gasteiger partial charge in [0.15, 0.2) is 0 Å². The lowest BCUT2D eigenvalue weighted by Crippen LogP contribution is -2.47. The highest BCUT2D eigenvalue weighted by molar-refractivity contribution is 6.05. The quantitative estimate of drug-likeness (QED) is 0.699. The number of carbonyl (C=O) groups is 2. The molecular formula is C12H12N2O2. The number of benzene rings is 1. The highest BCUT2D eigenvalue weighted by Gasteiger charge is 2.25. The summed E-state index contributed by atoms with van der Waals surface area (Å²) in [6.45, 7) is 0.0709.